The molecule has 3 nitrogen and oxygen atoms in total. The fraction of sp³-hybridized carbons (Fsp3) is 0.154. The average molecular weight is 211 g/mol. The lowest BCUT2D eigenvalue weighted by Crippen LogP contribution is -1.74. The largest absolute Gasteiger partial charge is 0.117 e. The topological polar surface area (TPSA) is 48.8 Å². The van der Waals surface area contributed by atoms with Gasteiger partial charge in [-0.2, -0.15) is 0 Å². The molecule has 0 heterocycles. The summed E-state index contributed by atoms with van der Waals surface area (Å²) in [6.07, 6.45) is 1.80. The van der Waals surface area contributed by atoms with E-state index in [9.17, 15) is 0 Å². The quantitative estimate of drug-likeness (QED) is 0.227. The summed E-state index contributed by atoms with van der Waals surface area (Å²) in [5.74, 6) is 0. The van der Waals surface area contributed by atoms with E-state index in [-0.39, 0.29) is 0 Å². The molecule has 0 fully saturated rings. The fourth-order valence-corrected chi connectivity index (χ4v) is 1.06. The molecule has 0 saturated heterocycles. The number of benzene rings is 1. The van der Waals surface area contributed by atoms with Crippen molar-refractivity contribution in [1.82, 2.24) is 0 Å². The van der Waals surface area contributed by atoms with Gasteiger partial charge in [-0.05, 0) is 42.2 Å². The molecule has 0 aliphatic heterocycles. The molecule has 3 heteroatoms. The van der Waals surface area contributed by atoms with E-state index in [1.165, 1.54) is 0 Å². The molecule has 0 aliphatic carbocycles. The summed E-state index contributed by atoms with van der Waals surface area (Å²) in [4.78, 5) is 2.78. The van der Waals surface area contributed by atoms with Crippen LogP contribution in [0.1, 0.15) is 19.4 Å². The van der Waals surface area contributed by atoms with Gasteiger partial charge in [-0.25, -0.2) is 0 Å². The van der Waals surface area contributed by atoms with E-state index in [2.05, 4.69) is 22.3 Å². The molecule has 0 unspecified atom stereocenters. The van der Waals surface area contributed by atoms with Crippen molar-refractivity contribution in [1.29, 1.82) is 0 Å². The van der Waals surface area contributed by atoms with E-state index in [0.717, 1.165) is 16.7 Å². The van der Waals surface area contributed by atoms with Crippen LogP contribution < -0.4 is 0 Å². The fourth-order valence-electron chi connectivity index (χ4n) is 1.06. The molecule has 0 amide bonds. The van der Waals surface area contributed by atoms with Gasteiger partial charge in [0.25, 0.3) is 0 Å². The molecule has 0 bridgehead atoms. The Morgan fingerprint density at radius 3 is 2.75 bits per heavy atom. The number of azide groups is 1. The Bertz CT molecular complexity index is 514. The monoisotopic (exact) mass is 211 g/mol. The summed E-state index contributed by atoms with van der Waals surface area (Å²) in [6, 6.07) is 7.36. The molecule has 0 N–H and O–H groups in total. The van der Waals surface area contributed by atoms with Crippen molar-refractivity contribution < 1.29 is 0 Å². The third-order valence-electron chi connectivity index (χ3n) is 2.17. The van der Waals surface area contributed by atoms with Gasteiger partial charge in [-0.3, -0.25) is 0 Å². The third kappa shape index (κ3) is 3.18. The van der Waals surface area contributed by atoms with Crippen LogP contribution in [0, 0.1) is 0 Å². The molecule has 16 heavy (non-hydrogen) atoms. The van der Waals surface area contributed by atoms with Crippen molar-refractivity contribution in [2.75, 3.05) is 0 Å². The molecule has 0 aromatic heterocycles. The summed E-state index contributed by atoms with van der Waals surface area (Å²) >= 11 is 0. The van der Waals surface area contributed by atoms with E-state index in [0.29, 0.717) is 5.69 Å². The van der Waals surface area contributed by atoms with Gasteiger partial charge in [0.1, 0.15) is 0 Å². The SMILES string of the molecule is C=C(C)C(C)=C=Cc1ccccc1N=[N+]=[N-]. The van der Waals surface area contributed by atoms with Gasteiger partial charge in [0.2, 0.25) is 0 Å². The van der Waals surface area contributed by atoms with Crippen LogP contribution in [0.4, 0.5) is 5.69 Å². The Balaban J connectivity index is 3.20. The maximum Gasteiger partial charge on any atom is 0.0453 e. The molecule has 1 aromatic carbocycles. The van der Waals surface area contributed by atoms with Crippen molar-refractivity contribution >= 4 is 11.8 Å². The Morgan fingerprint density at radius 2 is 2.12 bits per heavy atom. The second-order valence-corrected chi connectivity index (χ2v) is 3.44. The van der Waals surface area contributed by atoms with E-state index >= 15 is 0 Å². The molecule has 0 aliphatic rings. The molecule has 0 spiro atoms. The van der Waals surface area contributed by atoms with Crippen molar-refractivity contribution in [2.24, 2.45) is 5.11 Å². The van der Waals surface area contributed by atoms with E-state index in [4.69, 9.17) is 5.53 Å². The minimum Gasteiger partial charge on any atom is -0.117 e. The Hall–Kier alpha value is -2.21. The Labute approximate surface area is 95.1 Å². The normalized spacial score (nSPS) is 8.62. The van der Waals surface area contributed by atoms with Crippen molar-refractivity contribution in [3.8, 4) is 0 Å². The van der Waals surface area contributed by atoms with Gasteiger partial charge in [-0.1, -0.05) is 36.0 Å². The van der Waals surface area contributed by atoms with Crippen LogP contribution >= 0.6 is 0 Å². The minimum absolute atomic E-state index is 0.604. The predicted octanol–water partition coefficient (Wildman–Crippen LogP) is 4.76. The van der Waals surface area contributed by atoms with Gasteiger partial charge in [-0.15, -0.1) is 5.73 Å². The standard InChI is InChI=1S/C13H13N3/c1-10(2)11(3)8-9-12-6-4-5-7-13(12)15-16-14/h4-7,9H,1H2,2-3H3. The smallest absolute Gasteiger partial charge is 0.0453 e. The molecule has 0 radical (unpaired) electrons. The second kappa shape index (κ2) is 5.62. The summed E-state index contributed by atoms with van der Waals surface area (Å²) < 4.78 is 0. The maximum atomic E-state index is 8.41. The highest BCUT2D eigenvalue weighted by molar-refractivity contribution is 5.63. The lowest BCUT2D eigenvalue weighted by Gasteiger charge is -1.97. The van der Waals surface area contributed by atoms with Crippen LogP contribution in [0.2, 0.25) is 0 Å². The number of rotatable bonds is 3. The van der Waals surface area contributed by atoms with E-state index in [1.807, 2.05) is 32.0 Å². The minimum atomic E-state index is 0.604. The highest BCUT2D eigenvalue weighted by atomic mass is 15.1. The first-order chi connectivity index (χ1) is 7.65. The molecule has 0 saturated carbocycles. The first-order valence-electron chi connectivity index (χ1n) is 4.88. The summed E-state index contributed by atoms with van der Waals surface area (Å²) in [5, 5.41) is 3.61. The first kappa shape index (κ1) is 11.9. The number of hydrogen-bond donors (Lipinski definition) is 0. The highest BCUT2D eigenvalue weighted by Gasteiger charge is 1.94. The third-order valence-corrected chi connectivity index (χ3v) is 2.17. The number of hydrogen-bond acceptors (Lipinski definition) is 1. The summed E-state index contributed by atoms with van der Waals surface area (Å²) in [5.41, 5.74) is 14.9. The predicted molar refractivity (Wildman–Crippen MR) is 67.2 cm³/mol. The first-order valence-corrected chi connectivity index (χ1v) is 4.88. The molecule has 1 rings (SSSR count). The highest BCUT2D eigenvalue weighted by Crippen LogP contribution is 2.20. The van der Waals surface area contributed by atoms with Gasteiger partial charge < -0.3 is 0 Å². The van der Waals surface area contributed by atoms with Crippen LogP contribution in [0.3, 0.4) is 0 Å². The van der Waals surface area contributed by atoms with Gasteiger partial charge in [0, 0.05) is 10.6 Å². The average Bonchev–Trinajstić information content (AvgIpc) is 2.27. The van der Waals surface area contributed by atoms with Crippen molar-refractivity contribution in [2.45, 2.75) is 13.8 Å². The number of allylic oxidation sites excluding steroid dienone is 2. The van der Waals surface area contributed by atoms with Crippen molar-refractivity contribution in [3.05, 3.63) is 63.7 Å². The lowest BCUT2D eigenvalue weighted by atomic mass is 10.1. The second-order valence-electron chi connectivity index (χ2n) is 3.44. The zero-order valence-corrected chi connectivity index (χ0v) is 9.44. The van der Waals surface area contributed by atoms with Crippen LogP contribution in [0.25, 0.3) is 16.5 Å². The Kier molecular flexibility index (Phi) is 4.16. The van der Waals surface area contributed by atoms with E-state index in [1.54, 1.807) is 12.1 Å². The van der Waals surface area contributed by atoms with E-state index < -0.39 is 0 Å². The molecule has 80 valence electrons. The van der Waals surface area contributed by atoms with Gasteiger partial charge >= 0.3 is 0 Å². The van der Waals surface area contributed by atoms with Crippen molar-refractivity contribution in [3.63, 3.8) is 0 Å². The molecule has 1 aromatic rings. The van der Waals surface area contributed by atoms with Crippen LogP contribution in [-0.2, 0) is 0 Å². The molecular weight excluding hydrogens is 198 g/mol. The van der Waals surface area contributed by atoms with Gasteiger partial charge in [0.15, 0.2) is 0 Å². The lowest BCUT2D eigenvalue weighted by molar-refractivity contribution is 1.38. The van der Waals surface area contributed by atoms with Gasteiger partial charge in [0.05, 0.1) is 0 Å². The zero-order valence-electron chi connectivity index (χ0n) is 9.44. The van der Waals surface area contributed by atoms with Crippen LogP contribution in [-0.4, -0.2) is 0 Å². The molecular formula is C13H13N3. The zero-order chi connectivity index (χ0) is 12.0. The Morgan fingerprint density at radius 1 is 1.44 bits per heavy atom. The van der Waals surface area contributed by atoms with Crippen LogP contribution in [0.5, 0.6) is 0 Å². The summed E-state index contributed by atoms with van der Waals surface area (Å²) in [7, 11) is 0. The molecule has 0 atom stereocenters. The van der Waals surface area contributed by atoms with Crippen LogP contribution in [0.15, 0.2) is 52.8 Å². The summed E-state index contributed by atoms with van der Waals surface area (Å²) in [6.45, 7) is 7.69. The maximum absolute atomic E-state index is 8.41. The number of nitrogens with zero attached hydrogens (tertiary/aromatic N) is 3.